The van der Waals surface area contributed by atoms with E-state index in [1.54, 1.807) is 24.3 Å². The number of hydrogen-bond acceptors (Lipinski definition) is 4. The molecule has 2 aliphatic rings. The molecule has 3 rings (SSSR count). The number of likely N-dealkylation sites (tertiary alicyclic amines) is 1. The van der Waals surface area contributed by atoms with Crippen LogP contribution in [0.1, 0.15) is 24.4 Å². The van der Waals surface area contributed by atoms with E-state index in [0.29, 0.717) is 13.1 Å². The zero-order valence-corrected chi connectivity index (χ0v) is 14.6. The fraction of sp³-hybridized carbons (Fsp3) is 0.526. The van der Waals surface area contributed by atoms with E-state index in [4.69, 9.17) is 6.42 Å². The molecule has 2 amide bonds. The first-order chi connectivity index (χ1) is 12.1. The molecule has 0 saturated carbocycles. The van der Waals surface area contributed by atoms with Gasteiger partial charge in [-0.25, -0.2) is 0 Å². The Labute approximate surface area is 148 Å². The summed E-state index contributed by atoms with van der Waals surface area (Å²) in [5, 5.41) is 0. The molecule has 2 fully saturated rings. The number of carbonyl (C=O) groups excluding carboxylic acids is 2. The van der Waals surface area contributed by atoms with Crippen molar-refractivity contribution in [2.75, 3.05) is 39.8 Å². The lowest BCUT2D eigenvalue weighted by atomic mass is 9.93. The lowest BCUT2D eigenvalue weighted by Crippen LogP contribution is -2.50. The van der Waals surface area contributed by atoms with Crippen LogP contribution in [0, 0.1) is 18.3 Å². The van der Waals surface area contributed by atoms with E-state index >= 15 is 0 Å². The lowest BCUT2D eigenvalue weighted by Gasteiger charge is -2.36. The van der Waals surface area contributed by atoms with Crippen LogP contribution >= 0.6 is 0 Å². The summed E-state index contributed by atoms with van der Waals surface area (Å²) < 4.78 is 0. The number of terminal acetylenes is 1. The van der Waals surface area contributed by atoms with E-state index in [1.807, 2.05) is 17.0 Å². The monoisotopic (exact) mass is 340 g/mol. The molecule has 0 radical (unpaired) electrons. The zero-order valence-electron chi connectivity index (χ0n) is 14.6. The number of pyridine rings is 1. The first kappa shape index (κ1) is 17.4. The van der Waals surface area contributed by atoms with Crippen molar-refractivity contribution < 1.29 is 9.59 Å². The van der Waals surface area contributed by atoms with Crippen LogP contribution in [0.5, 0.6) is 0 Å². The van der Waals surface area contributed by atoms with Gasteiger partial charge in [0.15, 0.2) is 0 Å². The molecular formula is C19H24N4O2. The Morgan fingerprint density at radius 2 is 2.12 bits per heavy atom. The Morgan fingerprint density at radius 3 is 2.76 bits per heavy atom. The van der Waals surface area contributed by atoms with Gasteiger partial charge < -0.3 is 9.80 Å². The largest absolute Gasteiger partial charge is 0.340 e. The van der Waals surface area contributed by atoms with Crippen LogP contribution in [0.15, 0.2) is 24.5 Å². The molecule has 6 heteroatoms. The number of nitrogens with zero attached hydrogens (tertiary/aromatic N) is 4. The maximum Gasteiger partial charge on any atom is 0.228 e. The van der Waals surface area contributed by atoms with Crippen LogP contribution in [0.25, 0.3) is 0 Å². The molecule has 0 aliphatic carbocycles. The third-order valence-electron chi connectivity index (χ3n) is 5.19. The molecule has 0 bridgehead atoms. The minimum atomic E-state index is -0.334. The highest BCUT2D eigenvalue weighted by Gasteiger charge is 2.44. The first-order valence-corrected chi connectivity index (χ1v) is 8.72. The molecule has 2 unspecified atom stereocenters. The number of aromatic nitrogens is 1. The SMILES string of the molecule is C#CCCN1CCN(C(=O)C2CC(=O)N(C)C2c2cccnc2)CC1. The van der Waals surface area contributed by atoms with Crippen molar-refractivity contribution >= 4 is 11.8 Å². The topological polar surface area (TPSA) is 56.8 Å². The quantitative estimate of drug-likeness (QED) is 0.760. The number of rotatable bonds is 4. The normalized spacial score (nSPS) is 24.4. The molecule has 2 aliphatic heterocycles. The first-order valence-electron chi connectivity index (χ1n) is 8.72. The smallest absolute Gasteiger partial charge is 0.228 e. The van der Waals surface area contributed by atoms with Gasteiger partial charge in [0.25, 0.3) is 0 Å². The van der Waals surface area contributed by atoms with Gasteiger partial charge >= 0.3 is 0 Å². The van der Waals surface area contributed by atoms with Gasteiger partial charge in [0.2, 0.25) is 11.8 Å². The summed E-state index contributed by atoms with van der Waals surface area (Å²) in [6, 6.07) is 3.55. The Bertz CT molecular complexity index is 662. The molecule has 2 saturated heterocycles. The van der Waals surface area contributed by atoms with Gasteiger partial charge in [-0.2, -0.15) is 0 Å². The van der Waals surface area contributed by atoms with Crippen molar-refractivity contribution in [1.82, 2.24) is 19.7 Å². The van der Waals surface area contributed by atoms with Gasteiger partial charge in [0.05, 0.1) is 12.0 Å². The molecule has 1 aromatic rings. The van der Waals surface area contributed by atoms with Crippen LogP contribution in [-0.2, 0) is 9.59 Å². The zero-order chi connectivity index (χ0) is 17.8. The number of carbonyl (C=O) groups is 2. The summed E-state index contributed by atoms with van der Waals surface area (Å²) >= 11 is 0. The standard InChI is InChI=1S/C19H24N4O2/c1-3-4-8-22-9-11-23(12-10-22)19(25)16-13-17(24)21(2)18(16)15-6-5-7-20-14-15/h1,5-7,14,16,18H,4,8-13H2,2H3. The Kier molecular flexibility index (Phi) is 5.34. The molecule has 25 heavy (non-hydrogen) atoms. The van der Waals surface area contributed by atoms with Crippen LogP contribution in [0.3, 0.4) is 0 Å². The van der Waals surface area contributed by atoms with Crippen molar-refractivity contribution in [3.05, 3.63) is 30.1 Å². The van der Waals surface area contributed by atoms with Gasteiger partial charge in [-0.1, -0.05) is 6.07 Å². The van der Waals surface area contributed by atoms with E-state index in [1.165, 1.54) is 0 Å². The highest BCUT2D eigenvalue weighted by molar-refractivity contribution is 5.90. The van der Waals surface area contributed by atoms with E-state index in [2.05, 4.69) is 15.8 Å². The van der Waals surface area contributed by atoms with E-state index in [9.17, 15) is 9.59 Å². The maximum atomic E-state index is 13.1. The molecule has 3 heterocycles. The van der Waals surface area contributed by atoms with Gasteiger partial charge in [-0.15, -0.1) is 12.3 Å². The highest BCUT2D eigenvalue weighted by atomic mass is 16.2. The van der Waals surface area contributed by atoms with Crippen LogP contribution in [0.2, 0.25) is 0 Å². The van der Waals surface area contributed by atoms with Gasteiger partial charge in [-0.3, -0.25) is 19.5 Å². The second kappa shape index (κ2) is 7.66. The minimum Gasteiger partial charge on any atom is -0.340 e. The summed E-state index contributed by atoms with van der Waals surface area (Å²) in [6.07, 6.45) is 9.77. The Balaban J connectivity index is 1.69. The van der Waals surface area contributed by atoms with Gasteiger partial charge in [0.1, 0.15) is 0 Å². The maximum absolute atomic E-state index is 13.1. The van der Waals surface area contributed by atoms with Crippen LogP contribution in [0.4, 0.5) is 0 Å². The summed E-state index contributed by atoms with van der Waals surface area (Å²) in [4.78, 5) is 35.3. The third-order valence-corrected chi connectivity index (χ3v) is 5.19. The minimum absolute atomic E-state index is 0.0138. The average molecular weight is 340 g/mol. The highest BCUT2D eigenvalue weighted by Crippen LogP contribution is 2.37. The van der Waals surface area contributed by atoms with Crippen molar-refractivity contribution in [2.45, 2.75) is 18.9 Å². The molecule has 0 spiro atoms. The van der Waals surface area contributed by atoms with Crippen molar-refractivity contribution in [3.63, 3.8) is 0 Å². The van der Waals surface area contributed by atoms with Crippen LogP contribution < -0.4 is 0 Å². The van der Waals surface area contributed by atoms with Crippen molar-refractivity contribution in [3.8, 4) is 12.3 Å². The Morgan fingerprint density at radius 1 is 1.36 bits per heavy atom. The van der Waals surface area contributed by atoms with Gasteiger partial charge in [0, 0.05) is 65.0 Å². The number of amides is 2. The molecule has 2 atom stereocenters. The molecular weight excluding hydrogens is 316 g/mol. The second-order valence-corrected chi connectivity index (χ2v) is 6.67. The summed E-state index contributed by atoms with van der Waals surface area (Å²) in [5.41, 5.74) is 0.918. The van der Waals surface area contributed by atoms with E-state index in [-0.39, 0.29) is 30.2 Å². The fourth-order valence-electron chi connectivity index (χ4n) is 3.75. The average Bonchev–Trinajstić information content (AvgIpc) is 2.95. The van der Waals surface area contributed by atoms with E-state index in [0.717, 1.165) is 31.6 Å². The molecule has 0 N–H and O–H groups in total. The van der Waals surface area contributed by atoms with Crippen molar-refractivity contribution in [2.24, 2.45) is 5.92 Å². The molecule has 0 aromatic carbocycles. The fourth-order valence-corrected chi connectivity index (χ4v) is 3.75. The lowest BCUT2D eigenvalue weighted by molar-refractivity contribution is -0.138. The summed E-state index contributed by atoms with van der Waals surface area (Å²) in [7, 11) is 1.77. The van der Waals surface area contributed by atoms with E-state index < -0.39 is 0 Å². The number of hydrogen-bond donors (Lipinski definition) is 0. The molecule has 1 aromatic heterocycles. The Hall–Kier alpha value is -2.39. The summed E-state index contributed by atoms with van der Waals surface area (Å²) in [6.45, 7) is 3.93. The molecule has 132 valence electrons. The van der Waals surface area contributed by atoms with Crippen molar-refractivity contribution in [1.29, 1.82) is 0 Å². The predicted molar refractivity (Wildman–Crippen MR) is 94.3 cm³/mol. The predicted octanol–water partition coefficient (Wildman–Crippen LogP) is 0.768. The summed E-state index contributed by atoms with van der Waals surface area (Å²) in [5.74, 6) is 2.41. The molecule has 6 nitrogen and oxygen atoms in total. The third kappa shape index (κ3) is 3.67. The van der Waals surface area contributed by atoms with Gasteiger partial charge in [-0.05, 0) is 11.6 Å². The second-order valence-electron chi connectivity index (χ2n) is 6.67. The van der Waals surface area contributed by atoms with Crippen LogP contribution in [-0.4, -0.2) is 71.3 Å². The number of piperazine rings is 1.